The minimum atomic E-state index is -3.15. The molecule has 4 aromatic rings. The highest BCUT2D eigenvalue weighted by Crippen LogP contribution is 2.29. The van der Waals surface area contributed by atoms with Crippen LogP contribution in [0.2, 0.25) is 0 Å². The molecule has 0 atom stereocenters. The first-order chi connectivity index (χ1) is 27.7. The zero-order chi connectivity index (χ0) is 39.5. The molecular weight excluding hydrogens is 763 g/mol. The Morgan fingerprint density at radius 3 is 1.84 bits per heavy atom. The molecule has 2 saturated heterocycles. The van der Waals surface area contributed by atoms with Gasteiger partial charge in [-0.15, -0.1) is 0 Å². The van der Waals surface area contributed by atoms with Crippen LogP contribution in [0.25, 0.3) is 22.0 Å². The van der Waals surface area contributed by atoms with Gasteiger partial charge >= 0.3 is 0 Å². The second-order valence-electron chi connectivity index (χ2n) is 16.5. The third kappa shape index (κ3) is 12.1. The molecule has 2 saturated carbocycles. The minimum absolute atomic E-state index is 0.300. The van der Waals surface area contributed by atoms with Crippen molar-refractivity contribution >= 4 is 53.4 Å². The number of nitrogens with zero attached hydrogens (tertiary/aromatic N) is 6. The van der Waals surface area contributed by atoms with Gasteiger partial charge in [-0.3, -0.25) is 9.80 Å². The van der Waals surface area contributed by atoms with E-state index in [0.717, 1.165) is 131 Å². The Morgan fingerprint density at radius 1 is 0.632 bits per heavy atom. The summed E-state index contributed by atoms with van der Waals surface area (Å²) < 4.78 is 60.5. The number of rotatable bonds is 15. The average Bonchev–Trinajstić information content (AvgIpc) is 3.91. The molecule has 0 bridgehead atoms. The van der Waals surface area contributed by atoms with Crippen LogP contribution < -0.4 is 19.2 Å². The minimum Gasteiger partial charge on any atom is -0.462 e. The summed E-state index contributed by atoms with van der Waals surface area (Å²) >= 11 is 0. The Kier molecular flexibility index (Phi) is 14.8. The van der Waals surface area contributed by atoms with Gasteiger partial charge in [0, 0.05) is 77.4 Å². The first kappa shape index (κ1) is 41.9. The summed E-state index contributed by atoms with van der Waals surface area (Å²) in [6.07, 6.45) is 14.1. The molecule has 4 fully saturated rings. The fourth-order valence-corrected chi connectivity index (χ4v) is 12.1. The number of para-hydroxylation sites is 2. The average molecular weight is 826 g/mol. The molecule has 2 aliphatic heterocycles. The third-order valence-corrected chi connectivity index (χ3v) is 15.4. The highest BCUT2D eigenvalue weighted by Gasteiger charge is 2.24. The second kappa shape index (κ2) is 20.1. The van der Waals surface area contributed by atoms with Gasteiger partial charge in [-0.1, -0.05) is 56.7 Å². The van der Waals surface area contributed by atoms with Crippen molar-refractivity contribution in [2.75, 3.05) is 99.8 Å². The van der Waals surface area contributed by atoms with E-state index in [1.54, 1.807) is 6.26 Å². The maximum Gasteiger partial charge on any atom is 0.211 e. The molecule has 16 heteroatoms. The van der Waals surface area contributed by atoms with Gasteiger partial charge in [-0.05, 0) is 74.8 Å². The summed E-state index contributed by atoms with van der Waals surface area (Å²) in [5.41, 5.74) is 5.05. The number of furan rings is 1. The van der Waals surface area contributed by atoms with Crippen LogP contribution in [0.1, 0.15) is 70.6 Å². The van der Waals surface area contributed by atoms with Gasteiger partial charge in [-0.2, -0.15) is 15.4 Å². The van der Waals surface area contributed by atoms with Crippen LogP contribution in [0.4, 0.5) is 11.4 Å². The summed E-state index contributed by atoms with van der Waals surface area (Å²) in [7, 11) is -6.29. The predicted molar refractivity (Wildman–Crippen MR) is 229 cm³/mol. The van der Waals surface area contributed by atoms with E-state index in [2.05, 4.69) is 68.7 Å². The van der Waals surface area contributed by atoms with E-state index in [1.807, 2.05) is 18.2 Å². The number of hydrogen-bond acceptors (Lipinski definition) is 11. The van der Waals surface area contributed by atoms with Crippen molar-refractivity contribution in [3.8, 4) is 0 Å². The summed E-state index contributed by atoms with van der Waals surface area (Å²) in [5.74, 6) is 1.30. The van der Waals surface area contributed by atoms with Crippen molar-refractivity contribution in [2.24, 2.45) is 11.8 Å². The molecule has 0 radical (unpaired) electrons. The van der Waals surface area contributed by atoms with E-state index in [1.165, 1.54) is 38.5 Å². The number of nitrogens with one attached hydrogen (secondary N) is 3. The van der Waals surface area contributed by atoms with Crippen molar-refractivity contribution in [1.82, 2.24) is 34.7 Å². The largest absolute Gasteiger partial charge is 0.462 e. The summed E-state index contributed by atoms with van der Waals surface area (Å²) in [5, 5.41) is 12.3. The van der Waals surface area contributed by atoms with Gasteiger partial charge in [0.1, 0.15) is 11.0 Å². The zero-order valence-electron chi connectivity index (χ0n) is 33.5. The monoisotopic (exact) mass is 825 g/mol. The molecule has 0 unspecified atom stereocenters. The van der Waals surface area contributed by atoms with Gasteiger partial charge in [-0.25, -0.2) is 26.3 Å². The lowest BCUT2D eigenvalue weighted by atomic mass is 9.91. The fraction of sp³-hybridized carbons (Fsp3) is 0.659. The van der Waals surface area contributed by atoms with Crippen LogP contribution in [0.3, 0.4) is 0 Å². The number of aromatic nitrogens is 3. The molecule has 4 aliphatic rings. The molecular formula is C41H63N9O5S2. The van der Waals surface area contributed by atoms with E-state index in [9.17, 15) is 16.8 Å². The van der Waals surface area contributed by atoms with Crippen LogP contribution in [0.5, 0.6) is 0 Å². The highest BCUT2D eigenvalue weighted by atomic mass is 32.2. The van der Waals surface area contributed by atoms with Crippen LogP contribution in [0, 0.1) is 11.8 Å². The van der Waals surface area contributed by atoms with Crippen LogP contribution >= 0.6 is 0 Å². The molecule has 4 heterocycles. The van der Waals surface area contributed by atoms with Crippen molar-refractivity contribution in [2.45, 2.75) is 70.6 Å². The smallest absolute Gasteiger partial charge is 0.211 e. The normalized spacial score (nSPS) is 19.9. The molecule has 2 aromatic heterocycles. The lowest BCUT2D eigenvalue weighted by molar-refractivity contribution is 0.255. The molecule has 0 spiro atoms. The number of anilines is 2. The molecule has 2 aromatic carbocycles. The molecule has 14 nitrogen and oxygen atoms in total. The van der Waals surface area contributed by atoms with E-state index in [-0.39, 0.29) is 0 Å². The fourth-order valence-electron chi connectivity index (χ4n) is 9.09. The van der Waals surface area contributed by atoms with E-state index in [4.69, 9.17) is 4.42 Å². The van der Waals surface area contributed by atoms with Crippen molar-refractivity contribution in [1.29, 1.82) is 0 Å². The lowest BCUT2D eigenvalue weighted by Gasteiger charge is -2.36. The maximum atomic E-state index is 12.3. The zero-order valence-corrected chi connectivity index (χ0v) is 35.1. The van der Waals surface area contributed by atoms with Gasteiger partial charge in [0.2, 0.25) is 20.0 Å². The Bertz CT molecular complexity index is 2050. The number of aromatic amines is 1. The lowest BCUT2D eigenvalue weighted by Crippen LogP contribution is -2.48. The standard InChI is InChI=1S/C21H31N3O3S.C20H32N6O2S/c25-28(26,17-18-5-2-1-3-6-18)22-10-11-23-12-14-24(15-13-23)20-8-4-7-19-9-16-27-21(19)20;27-29(28,16-17-6-2-1-3-7-17)21-10-5-11-25-12-14-26(15-13-25)19-9-4-8-18-20(19)23-24-22-18/h4,7-9,16,18,22H,1-3,5-6,10-15,17H2;4,8-9,17,21H,1-3,5-7,10-16H2,(H,22,23,24). The SMILES string of the molecule is O=S(=O)(CC1CCCCC1)NCCCN1CCN(c2cccc3n[nH]nc23)CC1.O=S(=O)(CC1CCCCC1)NCCN1CCN(c2cccc3ccoc23)CC1. The number of H-pyrrole nitrogens is 1. The van der Waals surface area contributed by atoms with Gasteiger partial charge < -0.3 is 14.2 Å². The summed E-state index contributed by atoms with van der Waals surface area (Å²) in [6.45, 7) is 10.3. The molecule has 8 rings (SSSR count). The quantitative estimate of drug-likeness (QED) is 0.138. The Balaban J connectivity index is 0.000000174. The van der Waals surface area contributed by atoms with Gasteiger partial charge in [0.05, 0.1) is 29.1 Å². The Morgan fingerprint density at radius 2 is 1.19 bits per heavy atom. The molecule has 3 N–H and O–H groups in total. The number of fused-ring (bicyclic) bond motifs is 2. The van der Waals surface area contributed by atoms with Crippen LogP contribution in [-0.2, 0) is 20.0 Å². The third-order valence-electron chi connectivity index (χ3n) is 12.3. The topological polar surface area (TPSA) is 160 Å². The van der Waals surface area contributed by atoms with Crippen LogP contribution in [0.15, 0.2) is 53.1 Å². The van der Waals surface area contributed by atoms with E-state index >= 15 is 0 Å². The van der Waals surface area contributed by atoms with Crippen LogP contribution in [-0.4, -0.2) is 132 Å². The van der Waals surface area contributed by atoms with E-state index < -0.39 is 20.0 Å². The van der Waals surface area contributed by atoms with Gasteiger partial charge in [0.15, 0.2) is 5.58 Å². The number of piperazine rings is 2. The Labute approximate surface area is 339 Å². The van der Waals surface area contributed by atoms with Crippen molar-refractivity contribution < 1.29 is 21.3 Å². The van der Waals surface area contributed by atoms with Gasteiger partial charge in [0.25, 0.3) is 0 Å². The number of hydrogen-bond donors (Lipinski definition) is 3. The number of benzene rings is 2. The Hall–Kier alpha value is -3.28. The maximum absolute atomic E-state index is 12.3. The molecule has 2 aliphatic carbocycles. The summed E-state index contributed by atoms with van der Waals surface area (Å²) in [4.78, 5) is 9.46. The molecule has 314 valence electrons. The number of sulfonamides is 2. The van der Waals surface area contributed by atoms with E-state index in [0.29, 0.717) is 36.4 Å². The molecule has 0 amide bonds. The second-order valence-corrected chi connectivity index (χ2v) is 20.2. The first-order valence-corrected chi connectivity index (χ1v) is 24.7. The highest BCUT2D eigenvalue weighted by molar-refractivity contribution is 7.89. The first-order valence-electron chi connectivity index (χ1n) is 21.4. The molecule has 57 heavy (non-hydrogen) atoms. The van der Waals surface area contributed by atoms with Crippen molar-refractivity contribution in [3.05, 3.63) is 48.7 Å². The van der Waals surface area contributed by atoms with Crippen molar-refractivity contribution in [3.63, 3.8) is 0 Å². The predicted octanol–water partition coefficient (Wildman–Crippen LogP) is 5.02. The summed E-state index contributed by atoms with van der Waals surface area (Å²) in [6, 6.07) is 14.3.